The van der Waals surface area contributed by atoms with Gasteiger partial charge in [-0.3, -0.25) is 0 Å². The zero-order valence-corrected chi connectivity index (χ0v) is 11.2. The van der Waals surface area contributed by atoms with E-state index >= 15 is 0 Å². The van der Waals surface area contributed by atoms with Gasteiger partial charge in [0.2, 0.25) is 0 Å². The fourth-order valence-corrected chi connectivity index (χ4v) is 1.41. The van der Waals surface area contributed by atoms with Gasteiger partial charge in [-0.05, 0) is 12.3 Å². The van der Waals surface area contributed by atoms with Crippen LogP contribution in [-0.4, -0.2) is 19.7 Å². The molecule has 0 amide bonds. The van der Waals surface area contributed by atoms with Gasteiger partial charge < -0.3 is 9.47 Å². The van der Waals surface area contributed by atoms with E-state index in [1.165, 1.54) is 6.08 Å². The minimum atomic E-state index is -0.364. The summed E-state index contributed by atoms with van der Waals surface area (Å²) in [6.07, 6.45) is 2.25. The summed E-state index contributed by atoms with van der Waals surface area (Å²) in [5, 5.41) is 0. The first-order chi connectivity index (χ1) is 8.63. The third-order valence-corrected chi connectivity index (χ3v) is 2.47. The summed E-state index contributed by atoms with van der Waals surface area (Å²) in [7, 11) is 1.54. The van der Waals surface area contributed by atoms with Crippen LogP contribution in [0.25, 0.3) is 5.76 Å². The van der Waals surface area contributed by atoms with E-state index in [1.807, 2.05) is 30.3 Å². The molecule has 1 aromatic carbocycles. The number of ether oxygens (including phenoxy) is 2. The molecule has 3 heteroatoms. The molecule has 1 aromatic rings. The summed E-state index contributed by atoms with van der Waals surface area (Å²) in [6.45, 7) is 4.63. The van der Waals surface area contributed by atoms with Crippen molar-refractivity contribution in [1.82, 2.24) is 0 Å². The highest BCUT2D eigenvalue weighted by Crippen LogP contribution is 2.14. The van der Waals surface area contributed by atoms with Crippen molar-refractivity contribution < 1.29 is 14.3 Å². The molecule has 3 nitrogen and oxygen atoms in total. The van der Waals surface area contributed by atoms with Crippen LogP contribution in [0.15, 0.2) is 36.4 Å². The van der Waals surface area contributed by atoms with E-state index in [2.05, 4.69) is 13.8 Å². The quantitative estimate of drug-likeness (QED) is 0.440. The molecule has 0 saturated carbocycles. The average Bonchev–Trinajstić information content (AvgIpc) is 2.36. The molecule has 0 unspecified atom stereocenters. The van der Waals surface area contributed by atoms with E-state index in [-0.39, 0.29) is 5.97 Å². The number of benzene rings is 1. The molecule has 1 rings (SSSR count). The van der Waals surface area contributed by atoms with Crippen molar-refractivity contribution in [2.45, 2.75) is 20.3 Å². The van der Waals surface area contributed by atoms with E-state index in [0.29, 0.717) is 18.3 Å². The standard InChI is InChI=1S/C15H20O3/c1-12(2)9-10-18-15(16)11-14(17-3)13-7-5-4-6-8-13/h4-8,11-12H,9-10H2,1-3H3. The van der Waals surface area contributed by atoms with Gasteiger partial charge in [-0.1, -0.05) is 44.2 Å². The van der Waals surface area contributed by atoms with Crippen LogP contribution in [0.1, 0.15) is 25.8 Å². The maximum absolute atomic E-state index is 11.6. The van der Waals surface area contributed by atoms with Crippen molar-refractivity contribution in [3.63, 3.8) is 0 Å². The van der Waals surface area contributed by atoms with Gasteiger partial charge in [0.05, 0.1) is 19.8 Å². The smallest absolute Gasteiger partial charge is 0.334 e. The van der Waals surface area contributed by atoms with Crippen LogP contribution < -0.4 is 0 Å². The Morgan fingerprint density at radius 3 is 2.50 bits per heavy atom. The third kappa shape index (κ3) is 5.04. The Morgan fingerprint density at radius 1 is 1.28 bits per heavy atom. The second-order valence-electron chi connectivity index (χ2n) is 4.43. The topological polar surface area (TPSA) is 35.5 Å². The molecule has 0 heterocycles. The van der Waals surface area contributed by atoms with Gasteiger partial charge in [-0.25, -0.2) is 4.79 Å². The van der Waals surface area contributed by atoms with Crippen LogP contribution >= 0.6 is 0 Å². The average molecular weight is 248 g/mol. The number of carbonyl (C=O) groups is 1. The highest BCUT2D eigenvalue weighted by molar-refractivity contribution is 5.89. The SMILES string of the molecule is COC(=CC(=O)OCCC(C)C)c1ccccc1. The second kappa shape index (κ2) is 7.54. The molecule has 18 heavy (non-hydrogen) atoms. The molecule has 0 N–H and O–H groups in total. The Kier molecular flexibility index (Phi) is 5.98. The molecule has 0 radical (unpaired) electrons. The molecule has 0 aliphatic carbocycles. The molecule has 0 fully saturated rings. The van der Waals surface area contributed by atoms with Gasteiger partial charge in [-0.2, -0.15) is 0 Å². The van der Waals surface area contributed by atoms with Crippen LogP contribution in [-0.2, 0) is 14.3 Å². The molecule has 0 saturated heterocycles. The molecule has 0 aromatic heterocycles. The first-order valence-electron chi connectivity index (χ1n) is 6.11. The lowest BCUT2D eigenvalue weighted by Gasteiger charge is -2.07. The second-order valence-corrected chi connectivity index (χ2v) is 4.43. The van der Waals surface area contributed by atoms with Crippen LogP contribution in [0.3, 0.4) is 0 Å². The van der Waals surface area contributed by atoms with Crippen molar-refractivity contribution in [3.05, 3.63) is 42.0 Å². The molecule has 0 bridgehead atoms. The lowest BCUT2D eigenvalue weighted by Crippen LogP contribution is -2.06. The Hall–Kier alpha value is -1.77. The van der Waals surface area contributed by atoms with Gasteiger partial charge in [0.25, 0.3) is 0 Å². The van der Waals surface area contributed by atoms with Gasteiger partial charge in [0.15, 0.2) is 0 Å². The fraction of sp³-hybridized carbons (Fsp3) is 0.400. The predicted octanol–water partition coefficient (Wildman–Crippen LogP) is 3.26. The largest absolute Gasteiger partial charge is 0.496 e. The van der Waals surface area contributed by atoms with Crippen molar-refractivity contribution in [1.29, 1.82) is 0 Å². The molecular weight excluding hydrogens is 228 g/mol. The predicted molar refractivity (Wildman–Crippen MR) is 71.8 cm³/mol. The van der Waals surface area contributed by atoms with Gasteiger partial charge in [0.1, 0.15) is 5.76 Å². The number of methoxy groups -OCH3 is 1. The summed E-state index contributed by atoms with van der Waals surface area (Å²) >= 11 is 0. The highest BCUT2D eigenvalue weighted by Gasteiger charge is 2.06. The van der Waals surface area contributed by atoms with E-state index in [1.54, 1.807) is 7.11 Å². The van der Waals surface area contributed by atoms with E-state index < -0.39 is 0 Å². The monoisotopic (exact) mass is 248 g/mol. The Balaban J connectivity index is 2.59. The van der Waals surface area contributed by atoms with Gasteiger partial charge in [0, 0.05) is 5.56 Å². The lowest BCUT2D eigenvalue weighted by atomic mass is 10.1. The van der Waals surface area contributed by atoms with Crippen molar-refractivity contribution >= 4 is 11.7 Å². The maximum Gasteiger partial charge on any atom is 0.334 e. The molecule has 0 aliphatic heterocycles. The normalized spacial score (nSPS) is 11.4. The van der Waals surface area contributed by atoms with Gasteiger partial charge >= 0.3 is 5.97 Å². The van der Waals surface area contributed by atoms with Crippen LogP contribution in [0.4, 0.5) is 0 Å². The molecular formula is C15H20O3. The molecule has 0 aliphatic rings. The van der Waals surface area contributed by atoms with Crippen molar-refractivity contribution in [2.24, 2.45) is 5.92 Å². The number of esters is 1. The van der Waals surface area contributed by atoms with E-state index in [9.17, 15) is 4.79 Å². The van der Waals surface area contributed by atoms with Crippen LogP contribution in [0.2, 0.25) is 0 Å². The summed E-state index contributed by atoms with van der Waals surface area (Å²) < 4.78 is 10.3. The highest BCUT2D eigenvalue weighted by atomic mass is 16.5. The summed E-state index contributed by atoms with van der Waals surface area (Å²) in [5.41, 5.74) is 0.862. The number of rotatable bonds is 6. The Labute approximate surface area is 108 Å². The zero-order valence-electron chi connectivity index (χ0n) is 11.2. The summed E-state index contributed by atoms with van der Waals surface area (Å²) in [5.74, 6) is 0.680. The number of hydrogen-bond donors (Lipinski definition) is 0. The Morgan fingerprint density at radius 2 is 1.94 bits per heavy atom. The Bertz CT molecular complexity index is 393. The fourth-order valence-electron chi connectivity index (χ4n) is 1.41. The van der Waals surface area contributed by atoms with Crippen LogP contribution in [0, 0.1) is 5.92 Å². The zero-order chi connectivity index (χ0) is 13.4. The first kappa shape index (κ1) is 14.3. The molecule has 0 spiro atoms. The summed E-state index contributed by atoms with van der Waals surface area (Å²) in [6, 6.07) is 9.48. The maximum atomic E-state index is 11.6. The van der Waals surface area contributed by atoms with Crippen molar-refractivity contribution in [3.8, 4) is 0 Å². The van der Waals surface area contributed by atoms with Crippen LogP contribution in [0.5, 0.6) is 0 Å². The van der Waals surface area contributed by atoms with Gasteiger partial charge in [-0.15, -0.1) is 0 Å². The lowest BCUT2D eigenvalue weighted by molar-refractivity contribution is -0.138. The third-order valence-electron chi connectivity index (χ3n) is 2.47. The summed E-state index contributed by atoms with van der Waals surface area (Å²) in [4.78, 5) is 11.6. The number of carbonyl (C=O) groups excluding carboxylic acids is 1. The van der Waals surface area contributed by atoms with E-state index in [4.69, 9.17) is 9.47 Å². The number of hydrogen-bond acceptors (Lipinski definition) is 3. The molecule has 0 atom stereocenters. The minimum absolute atomic E-state index is 0.364. The first-order valence-corrected chi connectivity index (χ1v) is 6.11. The minimum Gasteiger partial charge on any atom is -0.496 e. The van der Waals surface area contributed by atoms with Crippen molar-refractivity contribution in [2.75, 3.05) is 13.7 Å². The van der Waals surface area contributed by atoms with E-state index in [0.717, 1.165) is 12.0 Å². The molecule has 98 valence electrons.